The van der Waals surface area contributed by atoms with Gasteiger partial charge in [0.05, 0.1) is 0 Å². The van der Waals surface area contributed by atoms with E-state index in [4.69, 9.17) is 10.2 Å². The minimum absolute atomic E-state index is 0.143. The average molecular weight is 224 g/mol. The van der Waals surface area contributed by atoms with E-state index >= 15 is 0 Å². The summed E-state index contributed by atoms with van der Waals surface area (Å²) in [6, 6.07) is 5.34. The molecule has 0 saturated heterocycles. The average Bonchev–Trinajstić information content (AvgIpc) is 2.43. The molecule has 0 aliphatic heterocycles. The van der Waals surface area contributed by atoms with Gasteiger partial charge in [-0.25, -0.2) is 0 Å². The zero-order valence-corrected chi connectivity index (χ0v) is 7.90. The fourth-order valence-corrected chi connectivity index (χ4v) is 1.64. The van der Waals surface area contributed by atoms with Crippen molar-refractivity contribution in [2.75, 3.05) is 5.73 Å². The number of oxazole rings is 1. The number of nitrogens with zero attached hydrogens (tertiary/aromatic N) is 1. The Hall–Kier alpha value is -1.15. The van der Waals surface area contributed by atoms with E-state index in [2.05, 4.69) is 4.98 Å². The summed E-state index contributed by atoms with van der Waals surface area (Å²) in [5.41, 5.74) is 6.63. The van der Waals surface area contributed by atoms with E-state index in [1.807, 2.05) is 0 Å². The zero-order valence-electron chi connectivity index (χ0n) is 6.02. The van der Waals surface area contributed by atoms with Gasteiger partial charge in [0.15, 0.2) is 0 Å². The monoisotopic (exact) mass is 224 g/mol. The van der Waals surface area contributed by atoms with Crippen molar-refractivity contribution in [3.8, 4) is 0 Å². The van der Waals surface area contributed by atoms with E-state index < -0.39 is 15.7 Å². The molecule has 0 unspecified atom stereocenters. The Balaban J connectivity index is 2.74. The summed E-state index contributed by atoms with van der Waals surface area (Å²) in [6.07, 6.45) is 0. The van der Waals surface area contributed by atoms with Gasteiger partial charge in [0.1, 0.15) is 0 Å². The molecule has 0 saturated carbocycles. The molecule has 4 nitrogen and oxygen atoms in total. The van der Waals surface area contributed by atoms with Gasteiger partial charge in [-0.3, -0.25) is 0 Å². The molecular weight excluding hydrogens is 219 g/mol. The molecule has 0 aliphatic rings. The molecule has 0 amide bonds. The molecule has 2 N–H and O–H groups in total. The van der Waals surface area contributed by atoms with Gasteiger partial charge >= 0.3 is 74.2 Å². The number of hydrogen-bond acceptors (Lipinski definition) is 4. The van der Waals surface area contributed by atoms with Crippen LogP contribution in [0.4, 0.5) is 6.01 Å². The van der Waals surface area contributed by atoms with Gasteiger partial charge in [-0.05, 0) is 0 Å². The van der Waals surface area contributed by atoms with Crippen LogP contribution in [0.2, 0.25) is 0 Å². The number of rotatable bonds is 1. The number of nitrogens with two attached hydrogens (primary N) is 1. The van der Waals surface area contributed by atoms with E-state index in [-0.39, 0.29) is 6.01 Å². The summed E-state index contributed by atoms with van der Waals surface area (Å²) in [4.78, 5) is 3.91. The first kappa shape index (κ1) is 7.50. The predicted octanol–water partition coefficient (Wildman–Crippen LogP) is 0.0850. The molecular formula is C7H5AsN2O2. The molecule has 0 spiro atoms. The molecule has 2 rings (SSSR count). The van der Waals surface area contributed by atoms with Crippen LogP contribution < -0.4 is 10.1 Å². The first-order valence-corrected chi connectivity index (χ1v) is 4.99. The predicted molar refractivity (Wildman–Crippen MR) is 44.5 cm³/mol. The molecule has 0 bridgehead atoms. The molecule has 0 fully saturated rings. The number of hydrogen-bond donors (Lipinski definition) is 1. The molecule has 1 aromatic carbocycles. The van der Waals surface area contributed by atoms with Crippen molar-refractivity contribution in [1.82, 2.24) is 4.98 Å². The van der Waals surface area contributed by atoms with Crippen LogP contribution in [0.5, 0.6) is 0 Å². The summed E-state index contributed by atoms with van der Waals surface area (Å²) in [5, 5.41) is 0. The van der Waals surface area contributed by atoms with Crippen LogP contribution in [0.25, 0.3) is 11.1 Å². The fraction of sp³-hybridized carbons (Fsp3) is 0. The third kappa shape index (κ3) is 1.14. The maximum absolute atomic E-state index is 10.6. The SMILES string of the molecule is Nc1nc2cc([As]=O)ccc2o1. The second-order valence-electron chi connectivity index (χ2n) is 2.30. The van der Waals surface area contributed by atoms with E-state index in [9.17, 15) is 3.74 Å². The van der Waals surface area contributed by atoms with Crippen LogP contribution >= 0.6 is 0 Å². The third-order valence-electron chi connectivity index (χ3n) is 1.49. The molecule has 0 atom stereocenters. The number of nitrogen functional groups attached to an aromatic ring is 1. The molecule has 60 valence electrons. The van der Waals surface area contributed by atoms with Crippen molar-refractivity contribution in [3.05, 3.63) is 18.2 Å². The van der Waals surface area contributed by atoms with E-state index in [0.717, 1.165) is 4.35 Å². The van der Waals surface area contributed by atoms with Crippen LogP contribution in [0, 0.1) is 0 Å². The van der Waals surface area contributed by atoms with Crippen molar-refractivity contribution < 1.29 is 8.16 Å². The minimum atomic E-state index is -0.999. The van der Waals surface area contributed by atoms with Crippen molar-refractivity contribution >= 4 is 37.2 Å². The molecule has 5 heteroatoms. The fourth-order valence-electron chi connectivity index (χ4n) is 0.990. The van der Waals surface area contributed by atoms with Gasteiger partial charge in [-0.2, -0.15) is 0 Å². The Morgan fingerprint density at radius 1 is 1.50 bits per heavy atom. The number of fused-ring (bicyclic) bond motifs is 1. The van der Waals surface area contributed by atoms with Crippen molar-refractivity contribution in [2.45, 2.75) is 0 Å². The van der Waals surface area contributed by atoms with Crippen LogP contribution in [0.1, 0.15) is 0 Å². The first-order chi connectivity index (χ1) is 5.79. The normalized spacial score (nSPS) is 11.0. The van der Waals surface area contributed by atoms with Gasteiger partial charge in [-0.1, -0.05) is 0 Å². The summed E-state index contributed by atoms with van der Waals surface area (Å²) in [7, 11) is 0. The van der Waals surface area contributed by atoms with Crippen LogP contribution in [-0.4, -0.2) is 20.7 Å². The van der Waals surface area contributed by atoms with Gasteiger partial charge in [0.2, 0.25) is 0 Å². The molecule has 12 heavy (non-hydrogen) atoms. The van der Waals surface area contributed by atoms with E-state index in [1.165, 1.54) is 0 Å². The standard InChI is InChI=1S/C7H5AsN2O2/c9-7-10-5-3-4(8-11)1-2-6(5)12-7/h1-3H,(H2,9,10). The summed E-state index contributed by atoms with van der Waals surface area (Å²) >= 11 is -0.999. The molecule has 1 aromatic heterocycles. The molecule has 1 heterocycles. The van der Waals surface area contributed by atoms with Crippen LogP contribution in [-0.2, 0) is 3.74 Å². The summed E-state index contributed by atoms with van der Waals surface area (Å²) in [5.74, 6) is 0. The van der Waals surface area contributed by atoms with Gasteiger partial charge in [0.25, 0.3) is 0 Å². The second kappa shape index (κ2) is 2.72. The Morgan fingerprint density at radius 3 is 3.08 bits per heavy atom. The van der Waals surface area contributed by atoms with Gasteiger partial charge in [-0.15, -0.1) is 0 Å². The van der Waals surface area contributed by atoms with Gasteiger partial charge in [0, 0.05) is 0 Å². The van der Waals surface area contributed by atoms with Crippen molar-refractivity contribution in [3.63, 3.8) is 0 Å². The molecule has 0 aliphatic carbocycles. The Labute approximate surface area is 74.7 Å². The Kier molecular flexibility index (Phi) is 1.70. The Morgan fingerprint density at radius 2 is 2.33 bits per heavy atom. The summed E-state index contributed by atoms with van der Waals surface area (Å²) in [6.45, 7) is 0. The second-order valence-corrected chi connectivity index (χ2v) is 3.76. The Bertz CT molecular complexity index is 438. The first-order valence-electron chi connectivity index (χ1n) is 3.29. The maximum atomic E-state index is 10.6. The van der Waals surface area contributed by atoms with Crippen LogP contribution in [0.15, 0.2) is 22.6 Å². The molecule has 2 aromatic rings. The quantitative estimate of drug-likeness (QED) is 0.696. The zero-order chi connectivity index (χ0) is 8.55. The van der Waals surface area contributed by atoms with Crippen LogP contribution in [0.3, 0.4) is 0 Å². The topological polar surface area (TPSA) is 69.1 Å². The third-order valence-corrected chi connectivity index (χ3v) is 2.52. The molecule has 0 radical (unpaired) electrons. The van der Waals surface area contributed by atoms with Gasteiger partial charge < -0.3 is 0 Å². The van der Waals surface area contributed by atoms with E-state index in [1.54, 1.807) is 18.2 Å². The van der Waals surface area contributed by atoms with E-state index in [0.29, 0.717) is 11.1 Å². The van der Waals surface area contributed by atoms with Crippen molar-refractivity contribution in [2.24, 2.45) is 0 Å². The number of anilines is 1. The number of benzene rings is 1. The van der Waals surface area contributed by atoms with Crippen molar-refractivity contribution in [1.29, 1.82) is 0 Å². The summed E-state index contributed by atoms with van der Waals surface area (Å²) < 4.78 is 16.4. The number of aromatic nitrogens is 1.